The molecule has 3 aromatic rings. The van der Waals surface area contributed by atoms with Gasteiger partial charge in [0.1, 0.15) is 0 Å². The van der Waals surface area contributed by atoms with Crippen LogP contribution in [0.5, 0.6) is 0 Å². The van der Waals surface area contributed by atoms with Gasteiger partial charge in [-0.1, -0.05) is 35.9 Å². The Morgan fingerprint density at radius 1 is 0.909 bits per heavy atom. The summed E-state index contributed by atoms with van der Waals surface area (Å²) in [6.45, 7) is 1.83. The molecule has 0 aliphatic heterocycles. The van der Waals surface area contributed by atoms with Gasteiger partial charge >= 0.3 is 0 Å². The van der Waals surface area contributed by atoms with Crippen molar-refractivity contribution >= 4 is 50.5 Å². The first kappa shape index (κ1) is 22.8. The summed E-state index contributed by atoms with van der Waals surface area (Å²) < 4.78 is 28.0. The van der Waals surface area contributed by atoms with Crippen molar-refractivity contribution in [3.63, 3.8) is 0 Å². The molecule has 1 fully saturated rings. The van der Waals surface area contributed by atoms with Crippen LogP contribution in [0.4, 0.5) is 17.1 Å². The lowest BCUT2D eigenvalue weighted by molar-refractivity contribution is -0.117. The number of anilines is 3. The second kappa shape index (κ2) is 9.25. The molecule has 7 nitrogen and oxygen atoms in total. The summed E-state index contributed by atoms with van der Waals surface area (Å²) in [5.41, 5.74) is 2.33. The number of rotatable bonds is 7. The molecule has 0 atom stereocenters. The van der Waals surface area contributed by atoms with E-state index in [0.717, 1.165) is 18.4 Å². The molecule has 0 unspecified atom stereocenters. The quantitative estimate of drug-likeness (QED) is 0.437. The number of hydrogen-bond acceptors (Lipinski definition) is 4. The highest BCUT2D eigenvalue weighted by Gasteiger charge is 2.29. The molecule has 1 saturated carbocycles. The van der Waals surface area contributed by atoms with Crippen LogP contribution in [0.1, 0.15) is 28.8 Å². The van der Waals surface area contributed by atoms with Gasteiger partial charge in [0.15, 0.2) is 0 Å². The Morgan fingerprint density at radius 3 is 2.39 bits per heavy atom. The Hall–Kier alpha value is -3.36. The molecule has 0 radical (unpaired) electrons. The van der Waals surface area contributed by atoms with E-state index in [2.05, 4.69) is 15.4 Å². The van der Waals surface area contributed by atoms with E-state index in [-0.39, 0.29) is 33.0 Å². The van der Waals surface area contributed by atoms with Gasteiger partial charge in [0.2, 0.25) is 5.91 Å². The molecule has 1 aliphatic rings. The van der Waals surface area contributed by atoms with E-state index in [1.54, 1.807) is 42.5 Å². The van der Waals surface area contributed by atoms with Crippen molar-refractivity contribution in [2.75, 3.05) is 15.4 Å². The normalized spacial score (nSPS) is 13.3. The zero-order chi connectivity index (χ0) is 23.6. The molecule has 0 bridgehead atoms. The largest absolute Gasteiger partial charge is 0.326 e. The van der Waals surface area contributed by atoms with Gasteiger partial charge in [-0.25, -0.2) is 8.42 Å². The maximum Gasteiger partial charge on any atom is 0.261 e. The van der Waals surface area contributed by atoms with Crippen LogP contribution in [0, 0.1) is 12.8 Å². The fraction of sp³-hybridized carbons (Fsp3) is 0.167. The second-order valence-corrected chi connectivity index (χ2v) is 9.95. The van der Waals surface area contributed by atoms with Crippen molar-refractivity contribution in [3.8, 4) is 0 Å². The van der Waals surface area contributed by atoms with Crippen LogP contribution in [0.25, 0.3) is 0 Å². The summed E-state index contributed by atoms with van der Waals surface area (Å²) in [6.07, 6.45) is 1.79. The third-order valence-electron chi connectivity index (χ3n) is 5.23. The van der Waals surface area contributed by atoms with E-state index in [0.29, 0.717) is 11.4 Å². The lowest BCUT2D eigenvalue weighted by Gasteiger charge is -2.13. The lowest BCUT2D eigenvalue weighted by Crippen LogP contribution is -2.17. The number of sulfonamides is 1. The Labute approximate surface area is 197 Å². The average Bonchev–Trinajstić information content (AvgIpc) is 3.63. The number of carbonyl (C=O) groups excluding carboxylic acids is 2. The third kappa shape index (κ3) is 5.53. The summed E-state index contributed by atoms with van der Waals surface area (Å²) in [7, 11) is -3.96. The number of nitrogens with one attached hydrogen (secondary N) is 3. The number of halogens is 1. The summed E-state index contributed by atoms with van der Waals surface area (Å²) >= 11 is 6.05. The minimum absolute atomic E-state index is 0.0277. The van der Waals surface area contributed by atoms with Crippen LogP contribution in [0.2, 0.25) is 5.02 Å². The molecule has 170 valence electrons. The Bertz CT molecular complexity index is 1340. The minimum Gasteiger partial charge on any atom is -0.326 e. The van der Waals surface area contributed by atoms with Crippen LogP contribution in [0.3, 0.4) is 0 Å². The molecule has 33 heavy (non-hydrogen) atoms. The SMILES string of the molecule is Cc1ccc(NC(=O)C2CC2)cc1NC(=O)c1cccc(S(=O)(=O)Nc2ccccc2Cl)c1. The van der Waals surface area contributed by atoms with E-state index in [1.807, 2.05) is 6.92 Å². The Balaban J connectivity index is 1.52. The van der Waals surface area contributed by atoms with E-state index in [4.69, 9.17) is 11.6 Å². The second-order valence-electron chi connectivity index (χ2n) is 7.86. The lowest BCUT2D eigenvalue weighted by atomic mass is 10.1. The maximum atomic E-state index is 12.9. The van der Waals surface area contributed by atoms with Crippen LogP contribution in [-0.2, 0) is 14.8 Å². The zero-order valence-corrected chi connectivity index (χ0v) is 19.3. The predicted molar refractivity (Wildman–Crippen MR) is 129 cm³/mol. The van der Waals surface area contributed by atoms with Gasteiger partial charge in [-0.15, -0.1) is 0 Å². The molecule has 3 aromatic carbocycles. The molecule has 2 amide bonds. The number of para-hydroxylation sites is 1. The van der Waals surface area contributed by atoms with E-state index < -0.39 is 15.9 Å². The van der Waals surface area contributed by atoms with Crippen molar-refractivity contribution in [2.24, 2.45) is 5.92 Å². The first-order chi connectivity index (χ1) is 15.7. The number of aryl methyl sites for hydroxylation is 1. The summed E-state index contributed by atoms with van der Waals surface area (Å²) in [4.78, 5) is 24.8. The Kier molecular flexibility index (Phi) is 6.40. The highest BCUT2D eigenvalue weighted by atomic mass is 35.5. The smallest absolute Gasteiger partial charge is 0.261 e. The van der Waals surface area contributed by atoms with Crippen LogP contribution in [0.15, 0.2) is 71.6 Å². The van der Waals surface area contributed by atoms with Gasteiger partial charge in [0, 0.05) is 22.9 Å². The molecular formula is C24H22ClN3O4S. The summed E-state index contributed by atoms with van der Waals surface area (Å²) in [5.74, 6) is -0.438. The highest BCUT2D eigenvalue weighted by Crippen LogP contribution is 2.31. The topological polar surface area (TPSA) is 104 Å². The first-order valence-electron chi connectivity index (χ1n) is 10.3. The van der Waals surface area contributed by atoms with Crippen LogP contribution >= 0.6 is 11.6 Å². The van der Waals surface area contributed by atoms with Crippen molar-refractivity contribution in [2.45, 2.75) is 24.7 Å². The molecule has 0 spiro atoms. The van der Waals surface area contributed by atoms with Crippen molar-refractivity contribution < 1.29 is 18.0 Å². The molecule has 0 aromatic heterocycles. The van der Waals surface area contributed by atoms with Crippen LogP contribution in [-0.4, -0.2) is 20.2 Å². The van der Waals surface area contributed by atoms with Gasteiger partial charge in [-0.3, -0.25) is 14.3 Å². The van der Waals surface area contributed by atoms with Gasteiger partial charge in [0.05, 0.1) is 15.6 Å². The Morgan fingerprint density at radius 2 is 1.67 bits per heavy atom. The molecule has 3 N–H and O–H groups in total. The number of carbonyl (C=O) groups is 2. The standard InChI is InChI=1S/C24H22ClN3O4S/c1-15-9-12-18(26-23(29)16-10-11-16)14-22(15)27-24(30)17-5-4-6-19(13-17)33(31,32)28-21-8-3-2-7-20(21)25/h2-9,12-14,16,28H,10-11H2,1H3,(H,26,29)(H,27,30). The fourth-order valence-corrected chi connectivity index (χ4v) is 4.54. The molecule has 9 heteroatoms. The van der Waals surface area contributed by atoms with E-state index in [1.165, 1.54) is 24.3 Å². The predicted octanol–water partition coefficient (Wildman–Crippen LogP) is 5.05. The van der Waals surface area contributed by atoms with Crippen molar-refractivity contribution in [1.82, 2.24) is 0 Å². The summed E-state index contributed by atoms with van der Waals surface area (Å²) in [5, 5.41) is 5.91. The molecule has 4 rings (SSSR count). The van der Waals surface area contributed by atoms with Gasteiger partial charge in [0.25, 0.3) is 15.9 Å². The molecular weight excluding hydrogens is 462 g/mol. The minimum atomic E-state index is -3.96. The monoisotopic (exact) mass is 483 g/mol. The molecule has 0 heterocycles. The van der Waals surface area contributed by atoms with Gasteiger partial charge in [-0.2, -0.15) is 0 Å². The van der Waals surface area contributed by atoms with Crippen LogP contribution < -0.4 is 15.4 Å². The zero-order valence-electron chi connectivity index (χ0n) is 17.8. The number of amides is 2. The van der Waals surface area contributed by atoms with E-state index >= 15 is 0 Å². The van der Waals surface area contributed by atoms with Gasteiger partial charge < -0.3 is 10.6 Å². The average molecular weight is 484 g/mol. The molecule has 0 saturated heterocycles. The number of benzene rings is 3. The highest BCUT2D eigenvalue weighted by molar-refractivity contribution is 7.92. The van der Waals surface area contributed by atoms with Crippen molar-refractivity contribution in [3.05, 3.63) is 82.9 Å². The third-order valence-corrected chi connectivity index (χ3v) is 6.92. The van der Waals surface area contributed by atoms with Crippen molar-refractivity contribution in [1.29, 1.82) is 0 Å². The fourth-order valence-electron chi connectivity index (χ4n) is 3.17. The summed E-state index contributed by atoms with van der Waals surface area (Å²) in [6, 6.07) is 17.5. The molecule has 1 aliphatic carbocycles. The first-order valence-corrected chi connectivity index (χ1v) is 12.2. The number of hydrogen-bond donors (Lipinski definition) is 3. The van der Waals surface area contributed by atoms with E-state index in [9.17, 15) is 18.0 Å². The maximum absolute atomic E-state index is 12.9. The van der Waals surface area contributed by atoms with Gasteiger partial charge in [-0.05, 0) is 67.8 Å².